The van der Waals surface area contributed by atoms with Crippen LogP contribution in [0.5, 0.6) is 5.88 Å². The molecule has 0 radical (unpaired) electrons. The van der Waals surface area contributed by atoms with E-state index < -0.39 is 0 Å². The minimum absolute atomic E-state index is 0.218. The summed E-state index contributed by atoms with van der Waals surface area (Å²) in [5.41, 5.74) is 8.45. The summed E-state index contributed by atoms with van der Waals surface area (Å²) in [5, 5.41) is 17.2. The number of rotatable bonds is 2. The molecule has 3 heterocycles. The average molecular weight is 302 g/mol. The topological polar surface area (TPSA) is 92.2 Å². The molecule has 0 aliphatic carbocycles. The van der Waals surface area contributed by atoms with Crippen molar-refractivity contribution in [3.8, 4) is 11.9 Å². The summed E-state index contributed by atoms with van der Waals surface area (Å²) in [4.78, 5) is 1.49. The number of H-pyrrole nitrogens is 1. The zero-order valence-electron chi connectivity index (χ0n) is 13.5. The Balaban J connectivity index is 2.21. The van der Waals surface area contributed by atoms with Crippen molar-refractivity contribution >= 4 is 0 Å². The highest BCUT2D eigenvalue weighted by atomic mass is 16.5. The van der Waals surface area contributed by atoms with E-state index in [0.29, 0.717) is 17.4 Å². The van der Waals surface area contributed by atoms with E-state index in [2.05, 4.69) is 37.2 Å². The molecule has 0 aromatic carbocycles. The van der Waals surface area contributed by atoms with Crippen molar-refractivity contribution in [3.63, 3.8) is 0 Å². The number of hydrogen-bond acceptors (Lipinski definition) is 4. The summed E-state index contributed by atoms with van der Waals surface area (Å²) in [5.74, 6) is 1.09. The highest BCUT2D eigenvalue weighted by molar-refractivity contribution is 5.55. The number of hydrogen-bond donors (Lipinski definition) is 3. The summed E-state index contributed by atoms with van der Waals surface area (Å²) in [7, 11) is 2.20. The number of aromatic amines is 1. The molecule has 2 aliphatic heterocycles. The molecule has 1 spiro atoms. The fourth-order valence-electron chi connectivity index (χ4n) is 4.18. The number of nitriles is 1. The van der Waals surface area contributed by atoms with Crippen molar-refractivity contribution in [3.05, 3.63) is 22.7 Å². The fourth-order valence-corrected chi connectivity index (χ4v) is 4.18. The van der Waals surface area contributed by atoms with Gasteiger partial charge in [-0.3, -0.25) is 5.10 Å². The van der Waals surface area contributed by atoms with Gasteiger partial charge in [0.25, 0.3) is 0 Å². The molecule has 118 valence electrons. The van der Waals surface area contributed by atoms with Gasteiger partial charge < -0.3 is 15.4 Å². The number of allylic oxidation sites excluding steroid dienone is 1. The van der Waals surface area contributed by atoms with Crippen molar-refractivity contribution in [2.75, 3.05) is 20.1 Å². The first-order valence-electron chi connectivity index (χ1n) is 8.01. The van der Waals surface area contributed by atoms with Gasteiger partial charge in [-0.15, -0.1) is 5.10 Å². The zero-order valence-corrected chi connectivity index (χ0v) is 13.5. The number of ether oxygens (including phenoxy) is 1. The Bertz CT molecular complexity index is 656. The van der Waals surface area contributed by atoms with E-state index in [0.717, 1.165) is 43.6 Å². The van der Waals surface area contributed by atoms with Crippen LogP contribution in [-0.2, 0) is 11.8 Å². The molecule has 1 aromatic heterocycles. The molecule has 1 unspecified atom stereocenters. The molecule has 0 saturated carbocycles. The third-order valence-corrected chi connectivity index (χ3v) is 5.21. The Kier molecular flexibility index (Phi) is 3.61. The minimum Gasteiger partial charge on any atom is -0.420 e. The van der Waals surface area contributed by atoms with Crippen LogP contribution in [0.25, 0.3) is 0 Å². The third-order valence-electron chi connectivity index (χ3n) is 5.21. The van der Waals surface area contributed by atoms with Crippen LogP contribution in [0.2, 0.25) is 0 Å². The van der Waals surface area contributed by atoms with Gasteiger partial charge in [-0.25, -0.2) is 0 Å². The second kappa shape index (κ2) is 5.33. The van der Waals surface area contributed by atoms with Gasteiger partial charge in [0.2, 0.25) is 11.8 Å². The Labute approximate surface area is 130 Å². The van der Waals surface area contributed by atoms with Crippen molar-refractivity contribution < 1.29 is 9.64 Å². The number of aryl methyl sites for hydroxylation is 1. The molecule has 4 N–H and O–H groups in total. The fraction of sp³-hybridized carbons (Fsp3) is 0.625. The van der Waals surface area contributed by atoms with Crippen LogP contribution in [0.4, 0.5) is 0 Å². The van der Waals surface area contributed by atoms with E-state index in [9.17, 15) is 5.26 Å². The molecular weight excluding hydrogens is 278 g/mol. The Morgan fingerprint density at radius 3 is 3.00 bits per heavy atom. The van der Waals surface area contributed by atoms with Crippen LogP contribution in [-0.4, -0.2) is 30.3 Å². The largest absolute Gasteiger partial charge is 0.420 e. The number of quaternary nitrogens is 1. The highest BCUT2D eigenvalue weighted by Crippen LogP contribution is 2.50. The molecule has 1 fully saturated rings. The first kappa shape index (κ1) is 14.9. The molecular formula is C16H24N5O+. The van der Waals surface area contributed by atoms with E-state index in [1.165, 1.54) is 4.90 Å². The zero-order chi connectivity index (χ0) is 15.9. The molecule has 6 heteroatoms. The molecule has 1 saturated heterocycles. The number of nitrogens with one attached hydrogen (secondary N) is 2. The van der Waals surface area contributed by atoms with Crippen LogP contribution in [0.1, 0.15) is 37.9 Å². The average Bonchev–Trinajstić information content (AvgIpc) is 2.86. The standard InChI is InChI=1S/C16H23N5O/c1-4-5-12-13-15(20-19-12)22-14(18)11(8-17)16(13)6-7-21(3)9-10(16)2/h10H,4-7,9,18H2,1-3H3,(H,19,20)/p+1/t10-,16-/m1/s1. The van der Waals surface area contributed by atoms with Crippen LogP contribution in [0.15, 0.2) is 11.5 Å². The van der Waals surface area contributed by atoms with E-state index >= 15 is 0 Å². The summed E-state index contributed by atoms with van der Waals surface area (Å²) in [6.07, 6.45) is 2.82. The van der Waals surface area contributed by atoms with Gasteiger partial charge in [-0.2, -0.15) is 5.26 Å². The minimum atomic E-state index is -0.358. The summed E-state index contributed by atoms with van der Waals surface area (Å²) >= 11 is 0. The van der Waals surface area contributed by atoms with E-state index in [1.54, 1.807) is 0 Å². The Morgan fingerprint density at radius 1 is 1.59 bits per heavy atom. The number of nitrogens with two attached hydrogens (primary N) is 1. The summed E-state index contributed by atoms with van der Waals surface area (Å²) in [6.45, 7) is 6.37. The monoisotopic (exact) mass is 302 g/mol. The number of likely N-dealkylation sites (tertiary alicyclic amines) is 1. The van der Waals surface area contributed by atoms with Gasteiger partial charge >= 0.3 is 0 Å². The lowest BCUT2D eigenvalue weighted by molar-refractivity contribution is -0.890. The number of nitrogens with zero attached hydrogens (tertiary/aromatic N) is 2. The number of piperidine rings is 1. The van der Waals surface area contributed by atoms with E-state index in [1.807, 2.05) is 0 Å². The predicted molar refractivity (Wildman–Crippen MR) is 82.1 cm³/mol. The lowest BCUT2D eigenvalue weighted by Gasteiger charge is -2.45. The van der Waals surface area contributed by atoms with Gasteiger partial charge in [0.1, 0.15) is 11.6 Å². The maximum Gasteiger partial charge on any atom is 0.244 e. The molecule has 2 aliphatic rings. The Hall–Kier alpha value is -2.00. The smallest absolute Gasteiger partial charge is 0.244 e. The molecule has 0 bridgehead atoms. The number of aromatic nitrogens is 2. The molecule has 3 atom stereocenters. The first-order chi connectivity index (χ1) is 10.5. The van der Waals surface area contributed by atoms with Crippen molar-refractivity contribution in [1.29, 1.82) is 5.26 Å². The summed E-state index contributed by atoms with van der Waals surface area (Å²) < 4.78 is 5.65. The third kappa shape index (κ3) is 1.92. The van der Waals surface area contributed by atoms with Crippen LogP contribution in [0, 0.1) is 17.2 Å². The van der Waals surface area contributed by atoms with Gasteiger partial charge in [0.05, 0.1) is 25.6 Å². The van der Waals surface area contributed by atoms with Crippen molar-refractivity contribution in [2.24, 2.45) is 11.7 Å². The molecule has 6 nitrogen and oxygen atoms in total. The quantitative estimate of drug-likeness (QED) is 0.730. The first-order valence-corrected chi connectivity index (χ1v) is 8.01. The normalized spacial score (nSPS) is 30.8. The lowest BCUT2D eigenvalue weighted by atomic mass is 9.61. The molecule has 22 heavy (non-hydrogen) atoms. The summed E-state index contributed by atoms with van der Waals surface area (Å²) in [6, 6.07) is 2.34. The van der Waals surface area contributed by atoms with Crippen LogP contribution >= 0.6 is 0 Å². The van der Waals surface area contributed by atoms with Gasteiger partial charge in [-0.1, -0.05) is 20.3 Å². The molecule has 3 rings (SSSR count). The second-order valence-electron chi connectivity index (χ2n) is 6.62. The predicted octanol–water partition coefficient (Wildman–Crippen LogP) is 0.241. The lowest BCUT2D eigenvalue weighted by Crippen LogP contribution is -3.11. The molecule has 1 aromatic rings. The maximum atomic E-state index is 9.74. The van der Waals surface area contributed by atoms with Crippen molar-refractivity contribution in [1.82, 2.24) is 10.2 Å². The van der Waals surface area contributed by atoms with Crippen LogP contribution in [0.3, 0.4) is 0 Å². The maximum absolute atomic E-state index is 9.74. The van der Waals surface area contributed by atoms with Gasteiger partial charge in [0.15, 0.2) is 0 Å². The number of fused-ring (bicyclic) bond motifs is 2. The van der Waals surface area contributed by atoms with Gasteiger partial charge in [0, 0.05) is 23.6 Å². The Morgan fingerprint density at radius 2 is 2.36 bits per heavy atom. The van der Waals surface area contributed by atoms with E-state index in [-0.39, 0.29) is 11.3 Å². The van der Waals surface area contributed by atoms with Crippen LogP contribution < -0.4 is 15.4 Å². The van der Waals surface area contributed by atoms with Gasteiger partial charge in [-0.05, 0) is 6.42 Å². The van der Waals surface area contributed by atoms with Crippen molar-refractivity contribution in [2.45, 2.75) is 38.5 Å². The SMILES string of the molecule is CCCc1[nH]nc2c1[C@@]1(CC[NH+](C)C[C@H]1C)C(C#N)=C(N)O2. The van der Waals surface area contributed by atoms with E-state index in [4.69, 9.17) is 10.5 Å². The highest BCUT2D eigenvalue weighted by Gasteiger charge is 2.53. The molecule has 0 amide bonds. The second-order valence-corrected chi connectivity index (χ2v) is 6.62.